The van der Waals surface area contributed by atoms with Gasteiger partial charge in [0.15, 0.2) is 4.34 Å². The van der Waals surface area contributed by atoms with E-state index in [2.05, 4.69) is 25.6 Å². The van der Waals surface area contributed by atoms with E-state index in [1.54, 1.807) is 21.3 Å². The molecular formula is C12H8ClN7S2. The molecule has 4 aromatic rings. The summed E-state index contributed by atoms with van der Waals surface area (Å²) in [7, 11) is 0. The molecule has 0 N–H and O–H groups in total. The van der Waals surface area contributed by atoms with Crippen LogP contribution in [0.25, 0.3) is 10.6 Å². The Bertz CT molecular complexity index is 909. The van der Waals surface area contributed by atoms with E-state index in [0.717, 1.165) is 20.7 Å². The molecule has 0 amide bonds. The largest absolute Gasteiger partial charge is 0.223 e. The van der Waals surface area contributed by atoms with Crippen molar-refractivity contribution in [3.05, 3.63) is 41.2 Å². The SMILES string of the molecule is Cc1cn2nc(Sc3nnnn3-c3ccc(Cl)cc3)sc2n1. The average Bonchev–Trinajstić information content (AvgIpc) is 3.15. The Morgan fingerprint density at radius 2 is 2.05 bits per heavy atom. The van der Waals surface area contributed by atoms with Crippen molar-refractivity contribution in [2.24, 2.45) is 0 Å². The second-order valence-electron chi connectivity index (χ2n) is 4.43. The summed E-state index contributed by atoms with van der Waals surface area (Å²) in [6, 6.07) is 7.32. The van der Waals surface area contributed by atoms with Crippen LogP contribution in [-0.2, 0) is 0 Å². The van der Waals surface area contributed by atoms with Crippen molar-refractivity contribution in [3.63, 3.8) is 0 Å². The molecule has 0 aliphatic rings. The summed E-state index contributed by atoms with van der Waals surface area (Å²) in [4.78, 5) is 5.24. The molecule has 3 heterocycles. The summed E-state index contributed by atoms with van der Waals surface area (Å²) in [6.07, 6.45) is 1.89. The zero-order valence-corrected chi connectivity index (χ0v) is 13.6. The number of halogens is 1. The molecule has 0 saturated heterocycles. The number of hydrogen-bond acceptors (Lipinski definition) is 7. The molecule has 0 aliphatic heterocycles. The molecule has 0 bridgehead atoms. The molecule has 0 saturated carbocycles. The Hall–Kier alpha value is -1.97. The van der Waals surface area contributed by atoms with Crippen LogP contribution in [0.4, 0.5) is 0 Å². The highest BCUT2D eigenvalue weighted by Gasteiger charge is 2.14. The van der Waals surface area contributed by atoms with E-state index in [1.807, 2.05) is 25.3 Å². The molecule has 22 heavy (non-hydrogen) atoms. The van der Waals surface area contributed by atoms with Crippen molar-refractivity contribution < 1.29 is 0 Å². The minimum Gasteiger partial charge on any atom is -0.223 e. The number of aryl methyl sites for hydroxylation is 1. The fourth-order valence-corrected chi connectivity index (χ4v) is 3.89. The van der Waals surface area contributed by atoms with E-state index in [4.69, 9.17) is 11.6 Å². The lowest BCUT2D eigenvalue weighted by molar-refractivity contribution is 0.755. The molecule has 0 atom stereocenters. The predicted molar refractivity (Wildman–Crippen MR) is 83.9 cm³/mol. The van der Waals surface area contributed by atoms with Crippen LogP contribution in [0, 0.1) is 6.92 Å². The summed E-state index contributed by atoms with van der Waals surface area (Å²) in [5, 5.41) is 17.6. The van der Waals surface area contributed by atoms with Crippen molar-refractivity contribution in [2.45, 2.75) is 16.4 Å². The van der Waals surface area contributed by atoms with Gasteiger partial charge in [-0.1, -0.05) is 22.9 Å². The Balaban J connectivity index is 1.67. The quantitative estimate of drug-likeness (QED) is 0.566. The predicted octanol–water partition coefficient (Wildman–Crippen LogP) is 2.88. The molecule has 0 aliphatic carbocycles. The highest BCUT2D eigenvalue weighted by Crippen LogP contribution is 2.30. The van der Waals surface area contributed by atoms with Gasteiger partial charge < -0.3 is 0 Å². The Morgan fingerprint density at radius 3 is 2.82 bits per heavy atom. The molecule has 1 aromatic carbocycles. The number of rotatable bonds is 3. The van der Waals surface area contributed by atoms with Gasteiger partial charge in [0.2, 0.25) is 10.1 Å². The van der Waals surface area contributed by atoms with Gasteiger partial charge in [0.05, 0.1) is 17.6 Å². The molecule has 10 heteroatoms. The third-order valence-corrected chi connectivity index (χ3v) is 5.00. The molecule has 0 fully saturated rings. The second-order valence-corrected chi connectivity index (χ2v) is 7.04. The Kier molecular flexibility index (Phi) is 3.32. The normalized spacial score (nSPS) is 11.4. The van der Waals surface area contributed by atoms with E-state index in [-0.39, 0.29) is 0 Å². The monoisotopic (exact) mass is 349 g/mol. The van der Waals surface area contributed by atoms with Gasteiger partial charge in [-0.25, -0.2) is 9.50 Å². The lowest BCUT2D eigenvalue weighted by atomic mass is 10.3. The Labute approximate surface area is 137 Å². The third-order valence-electron chi connectivity index (χ3n) is 2.84. The standard InChI is InChI=1S/C12H8ClN7S2/c1-7-6-19-10(14-7)21-12(16-19)22-11-15-17-18-20(11)9-4-2-8(13)3-5-9/h2-6H,1H3. The molecular weight excluding hydrogens is 342 g/mol. The van der Waals surface area contributed by atoms with E-state index >= 15 is 0 Å². The van der Waals surface area contributed by atoms with Gasteiger partial charge in [-0.05, 0) is 53.4 Å². The molecule has 3 aromatic heterocycles. The van der Waals surface area contributed by atoms with Gasteiger partial charge in [0, 0.05) is 5.02 Å². The van der Waals surface area contributed by atoms with Crippen molar-refractivity contribution in [3.8, 4) is 5.69 Å². The first-order valence-corrected chi connectivity index (χ1v) is 8.25. The summed E-state index contributed by atoms with van der Waals surface area (Å²) < 4.78 is 4.24. The van der Waals surface area contributed by atoms with Crippen LogP contribution in [0.3, 0.4) is 0 Å². The molecule has 110 valence electrons. The van der Waals surface area contributed by atoms with Crippen LogP contribution in [0.2, 0.25) is 5.02 Å². The number of imidazole rings is 1. The number of aromatic nitrogens is 7. The van der Waals surface area contributed by atoms with Gasteiger partial charge >= 0.3 is 0 Å². The second kappa shape index (κ2) is 5.34. The minimum atomic E-state index is 0.635. The summed E-state index contributed by atoms with van der Waals surface area (Å²) >= 11 is 8.80. The number of nitrogens with zero attached hydrogens (tertiary/aromatic N) is 7. The number of tetrazole rings is 1. The maximum atomic E-state index is 5.90. The van der Waals surface area contributed by atoms with Crippen LogP contribution in [0.1, 0.15) is 5.69 Å². The number of benzene rings is 1. The Morgan fingerprint density at radius 1 is 1.23 bits per heavy atom. The summed E-state index contributed by atoms with van der Waals surface area (Å²) in [5.74, 6) is 0. The first-order valence-electron chi connectivity index (χ1n) is 6.24. The van der Waals surface area contributed by atoms with Crippen molar-refractivity contribution in [2.75, 3.05) is 0 Å². The van der Waals surface area contributed by atoms with Crippen molar-refractivity contribution >= 4 is 39.7 Å². The molecule has 4 rings (SSSR count). The van der Waals surface area contributed by atoms with Crippen LogP contribution < -0.4 is 0 Å². The van der Waals surface area contributed by atoms with E-state index in [0.29, 0.717) is 10.2 Å². The lowest BCUT2D eigenvalue weighted by Crippen LogP contribution is -1.98. The molecule has 0 radical (unpaired) electrons. The van der Waals surface area contributed by atoms with E-state index in [1.165, 1.54) is 23.1 Å². The van der Waals surface area contributed by atoms with Crippen LogP contribution in [0.15, 0.2) is 40.0 Å². The van der Waals surface area contributed by atoms with Gasteiger partial charge in [-0.3, -0.25) is 0 Å². The highest BCUT2D eigenvalue weighted by molar-refractivity contribution is 8.01. The number of fused-ring (bicyclic) bond motifs is 1. The van der Waals surface area contributed by atoms with Gasteiger partial charge in [-0.15, -0.1) is 10.2 Å². The van der Waals surface area contributed by atoms with Gasteiger partial charge in [0.1, 0.15) is 0 Å². The first-order chi connectivity index (χ1) is 10.7. The highest BCUT2D eigenvalue weighted by atomic mass is 35.5. The first kappa shape index (κ1) is 13.7. The third kappa shape index (κ3) is 2.47. The van der Waals surface area contributed by atoms with Crippen LogP contribution >= 0.6 is 34.7 Å². The summed E-state index contributed by atoms with van der Waals surface area (Å²) in [6.45, 7) is 1.94. The lowest BCUT2D eigenvalue weighted by Gasteiger charge is -2.02. The molecule has 0 unspecified atom stereocenters. The zero-order valence-electron chi connectivity index (χ0n) is 11.2. The van der Waals surface area contributed by atoms with Crippen LogP contribution in [-0.4, -0.2) is 34.8 Å². The maximum Gasteiger partial charge on any atom is 0.221 e. The molecule has 0 spiro atoms. The van der Waals surface area contributed by atoms with Crippen molar-refractivity contribution in [1.82, 2.24) is 34.8 Å². The van der Waals surface area contributed by atoms with Crippen LogP contribution in [0.5, 0.6) is 0 Å². The van der Waals surface area contributed by atoms with Gasteiger partial charge in [0.25, 0.3) is 0 Å². The fraction of sp³-hybridized carbons (Fsp3) is 0.0833. The molecule has 7 nitrogen and oxygen atoms in total. The smallest absolute Gasteiger partial charge is 0.221 e. The fourth-order valence-electron chi connectivity index (χ4n) is 1.90. The zero-order chi connectivity index (χ0) is 15.1. The average molecular weight is 350 g/mol. The van der Waals surface area contributed by atoms with E-state index in [9.17, 15) is 0 Å². The van der Waals surface area contributed by atoms with Gasteiger partial charge in [-0.2, -0.15) is 4.68 Å². The van der Waals surface area contributed by atoms with E-state index < -0.39 is 0 Å². The number of hydrogen-bond donors (Lipinski definition) is 0. The maximum absolute atomic E-state index is 5.90. The summed E-state index contributed by atoms with van der Waals surface area (Å²) in [5.41, 5.74) is 1.79. The topological polar surface area (TPSA) is 73.8 Å². The van der Waals surface area contributed by atoms with Crippen molar-refractivity contribution in [1.29, 1.82) is 0 Å². The minimum absolute atomic E-state index is 0.635.